The zero-order chi connectivity index (χ0) is 43.3. The van der Waals surface area contributed by atoms with Gasteiger partial charge in [0.1, 0.15) is 28.4 Å². The third-order valence-electron chi connectivity index (χ3n) is 12.3. The molecule has 16 nitrogen and oxygen atoms in total. The van der Waals surface area contributed by atoms with Crippen molar-refractivity contribution in [2.45, 2.75) is 88.9 Å². The molecular formula is C45H56N10O6. The summed E-state index contributed by atoms with van der Waals surface area (Å²) < 4.78 is 5.42. The van der Waals surface area contributed by atoms with E-state index in [0.29, 0.717) is 74.5 Å². The first-order valence-corrected chi connectivity index (χ1v) is 21.3. The zero-order valence-corrected chi connectivity index (χ0v) is 35.0. The van der Waals surface area contributed by atoms with Gasteiger partial charge >= 0.3 is 5.97 Å². The number of ketones is 1. The van der Waals surface area contributed by atoms with E-state index < -0.39 is 41.7 Å². The number of carbonyl (C=O) groups excluding carboxylic acids is 5. The first-order valence-electron chi connectivity index (χ1n) is 21.3. The van der Waals surface area contributed by atoms with E-state index in [0.717, 1.165) is 16.5 Å². The Balaban J connectivity index is 0.983. The van der Waals surface area contributed by atoms with Crippen LogP contribution in [0.25, 0.3) is 10.9 Å². The number of nitrogens with two attached hydrogens (primary N) is 1. The van der Waals surface area contributed by atoms with Crippen molar-refractivity contribution in [3.8, 4) is 6.07 Å². The molecule has 322 valence electrons. The van der Waals surface area contributed by atoms with Gasteiger partial charge in [-0.05, 0) is 80.5 Å². The van der Waals surface area contributed by atoms with Crippen LogP contribution in [-0.4, -0.2) is 102 Å². The third kappa shape index (κ3) is 9.78. The number of amides is 3. The number of rotatable bonds is 18. The van der Waals surface area contributed by atoms with Gasteiger partial charge in [0.2, 0.25) is 11.8 Å². The van der Waals surface area contributed by atoms with Crippen molar-refractivity contribution in [1.82, 2.24) is 31.6 Å². The fourth-order valence-corrected chi connectivity index (χ4v) is 9.02. The first-order chi connectivity index (χ1) is 29.3. The minimum absolute atomic E-state index is 0.0449. The number of nitrogens with one attached hydrogen (secondary N) is 6. The lowest BCUT2D eigenvalue weighted by Gasteiger charge is -2.31. The van der Waals surface area contributed by atoms with Gasteiger partial charge in [0, 0.05) is 35.8 Å². The number of esters is 1. The SMILES string of the molecule is CC(C)C[C@H](NC(=O)c1cc2cccc(CC(C)C[C@H](N)C3=NC[C@@](C[C@@H]4CCNC4=O)(C(=O)COC(=O)c4ccccc4)N3)c2[nH]1)C1=NC[C@](C#N)(C[C@@H]2CCNC2=O)N1. The molecule has 0 bridgehead atoms. The maximum absolute atomic E-state index is 13.9. The number of hydrogen-bond donors (Lipinski definition) is 7. The second-order valence-electron chi connectivity index (χ2n) is 17.6. The molecule has 16 heteroatoms. The summed E-state index contributed by atoms with van der Waals surface area (Å²) in [7, 11) is 0. The Bertz CT molecular complexity index is 2260. The maximum atomic E-state index is 13.9. The van der Waals surface area contributed by atoms with E-state index in [1.165, 1.54) is 0 Å². The molecule has 2 saturated heterocycles. The number of para-hydroxylation sites is 1. The summed E-state index contributed by atoms with van der Waals surface area (Å²) in [5.41, 5.74) is 7.09. The van der Waals surface area contributed by atoms with Crippen molar-refractivity contribution in [2.24, 2.45) is 39.4 Å². The molecule has 7 atom stereocenters. The van der Waals surface area contributed by atoms with E-state index in [4.69, 9.17) is 15.5 Å². The quantitative estimate of drug-likeness (QED) is 0.0925. The first kappa shape index (κ1) is 43.0. The number of ether oxygens (including phenoxy) is 1. The topological polar surface area (TPSA) is 245 Å². The number of aromatic nitrogens is 1. The van der Waals surface area contributed by atoms with Gasteiger partial charge in [-0.2, -0.15) is 5.26 Å². The highest BCUT2D eigenvalue weighted by molar-refractivity contribution is 6.03. The summed E-state index contributed by atoms with van der Waals surface area (Å²) in [6.45, 7) is 7.14. The van der Waals surface area contributed by atoms with Gasteiger partial charge < -0.3 is 42.0 Å². The average molecular weight is 833 g/mol. The number of benzene rings is 2. The summed E-state index contributed by atoms with van der Waals surface area (Å²) >= 11 is 0. The number of aliphatic imine (C=N–C) groups is 2. The Hall–Kier alpha value is -6.08. The summed E-state index contributed by atoms with van der Waals surface area (Å²) in [5.74, 6) is -0.815. The van der Waals surface area contributed by atoms with Crippen LogP contribution in [0.5, 0.6) is 0 Å². The van der Waals surface area contributed by atoms with Crippen LogP contribution in [0.3, 0.4) is 0 Å². The largest absolute Gasteiger partial charge is 0.454 e. The summed E-state index contributed by atoms with van der Waals surface area (Å²) in [5, 5.41) is 26.5. The number of hydrogen-bond acceptors (Lipinski definition) is 12. The van der Waals surface area contributed by atoms with Crippen molar-refractivity contribution >= 4 is 52.0 Å². The molecule has 0 aliphatic carbocycles. The Morgan fingerprint density at radius 2 is 1.62 bits per heavy atom. The normalized spacial score (nSPS) is 24.8. The minimum Gasteiger partial charge on any atom is -0.454 e. The highest BCUT2D eigenvalue weighted by Crippen LogP contribution is 2.30. The molecule has 7 rings (SSSR count). The summed E-state index contributed by atoms with van der Waals surface area (Å²) in [6.07, 6.45) is 3.56. The molecule has 0 saturated carbocycles. The van der Waals surface area contributed by atoms with Gasteiger partial charge in [0.25, 0.3) is 5.91 Å². The van der Waals surface area contributed by atoms with Crippen LogP contribution in [0.1, 0.15) is 85.7 Å². The maximum Gasteiger partial charge on any atom is 0.338 e. The van der Waals surface area contributed by atoms with Gasteiger partial charge in [-0.1, -0.05) is 57.2 Å². The molecule has 5 heterocycles. The molecule has 4 aliphatic heterocycles. The fraction of sp³-hybridized carbons (Fsp3) is 0.511. The number of aromatic amines is 1. The van der Waals surface area contributed by atoms with E-state index in [1.807, 2.05) is 24.3 Å². The lowest BCUT2D eigenvalue weighted by Crippen LogP contribution is -2.58. The van der Waals surface area contributed by atoms with Crippen LogP contribution in [0.2, 0.25) is 0 Å². The Morgan fingerprint density at radius 3 is 2.30 bits per heavy atom. The van der Waals surface area contributed by atoms with E-state index >= 15 is 0 Å². The number of amidine groups is 2. The lowest BCUT2D eigenvalue weighted by atomic mass is 9.83. The van der Waals surface area contributed by atoms with Gasteiger partial charge in [-0.15, -0.1) is 0 Å². The van der Waals surface area contributed by atoms with Crippen molar-refractivity contribution in [1.29, 1.82) is 5.26 Å². The van der Waals surface area contributed by atoms with Crippen LogP contribution in [0.15, 0.2) is 64.6 Å². The Labute approximate surface area is 355 Å². The van der Waals surface area contributed by atoms with Crippen molar-refractivity contribution in [3.63, 3.8) is 0 Å². The molecule has 2 aromatic carbocycles. The van der Waals surface area contributed by atoms with Crippen LogP contribution in [0, 0.1) is 35.0 Å². The average Bonchev–Trinajstić information content (AvgIpc) is 4.10. The smallest absolute Gasteiger partial charge is 0.338 e. The standard InChI is InChI=1S/C45H56N10O6/c1-26(2)16-34(39-50-24-44(23-46,54-39)20-31-12-14-48-40(31)57)53-42(59)35-19-30-11-7-10-29(37(30)52-35)17-27(3)18-33(47)38-51-25-45(55-38,21-32-13-15-49-41(32)58)36(56)22-61-43(60)28-8-5-4-6-9-28/h4-11,19,26-27,31-34,52H,12-18,20-22,24-25,47H2,1-3H3,(H,48,57)(H,49,58)(H,50,54)(H,51,55)(H,53,59)/t27?,31-,32-,33-,34-,44+,45-/m0/s1. The van der Waals surface area contributed by atoms with E-state index in [-0.39, 0.29) is 60.8 Å². The molecule has 1 aromatic heterocycles. The number of H-pyrrole nitrogens is 1. The number of fused-ring (bicyclic) bond motifs is 1. The highest BCUT2D eigenvalue weighted by Gasteiger charge is 2.47. The predicted molar refractivity (Wildman–Crippen MR) is 230 cm³/mol. The summed E-state index contributed by atoms with van der Waals surface area (Å²) in [6, 6.07) is 17.6. The molecule has 0 radical (unpaired) electrons. The minimum atomic E-state index is -1.24. The van der Waals surface area contributed by atoms with Crippen LogP contribution >= 0.6 is 0 Å². The van der Waals surface area contributed by atoms with E-state index in [9.17, 15) is 29.2 Å². The van der Waals surface area contributed by atoms with Crippen LogP contribution < -0.4 is 32.3 Å². The molecule has 61 heavy (non-hydrogen) atoms. The number of carbonyl (C=O) groups is 5. The molecular weight excluding hydrogens is 777 g/mol. The van der Waals surface area contributed by atoms with Crippen molar-refractivity contribution in [2.75, 3.05) is 32.8 Å². The monoisotopic (exact) mass is 832 g/mol. The molecule has 3 amide bonds. The third-order valence-corrected chi connectivity index (χ3v) is 12.3. The Kier molecular flexibility index (Phi) is 12.9. The second kappa shape index (κ2) is 18.3. The molecule has 4 aliphatic rings. The second-order valence-corrected chi connectivity index (χ2v) is 17.6. The highest BCUT2D eigenvalue weighted by atomic mass is 16.5. The van der Waals surface area contributed by atoms with Crippen LogP contribution in [-0.2, 0) is 25.5 Å². The molecule has 3 aromatic rings. The fourth-order valence-electron chi connectivity index (χ4n) is 9.02. The van der Waals surface area contributed by atoms with E-state index in [1.54, 1.807) is 30.3 Å². The van der Waals surface area contributed by atoms with Gasteiger partial charge in [-0.25, -0.2) is 4.79 Å². The van der Waals surface area contributed by atoms with Crippen molar-refractivity contribution in [3.05, 3.63) is 71.4 Å². The van der Waals surface area contributed by atoms with Gasteiger partial charge in [0.05, 0.1) is 36.8 Å². The van der Waals surface area contributed by atoms with Crippen LogP contribution in [0.4, 0.5) is 0 Å². The zero-order valence-electron chi connectivity index (χ0n) is 35.0. The lowest BCUT2D eigenvalue weighted by molar-refractivity contribution is -0.129. The summed E-state index contributed by atoms with van der Waals surface area (Å²) in [4.78, 5) is 78.0. The molecule has 8 N–H and O–H groups in total. The number of nitrogens with zero attached hydrogens (tertiary/aromatic N) is 3. The number of nitriles is 1. The van der Waals surface area contributed by atoms with Gasteiger partial charge in [0.15, 0.2) is 12.4 Å². The molecule has 2 fully saturated rings. The van der Waals surface area contributed by atoms with Crippen molar-refractivity contribution < 1.29 is 28.7 Å². The predicted octanol–water partition coefficient (Wildman–Crippen LogP) is 2.69. The molecule has 0 spiro atoms. The Morgan fingerprint density at radius 1 is 0.918 bits per heavy atom. The van der Waals surface area contributed by atoms with Gasteiger partial charge in [-0.3, -0.25) is 29.2 Å². The number of Topliss-reactive ketones (excluding diaryl/α,β-unsaturated/α-hetero) is 1. The van der Waals surface area contributed by atoms with E-state index in [2.05, 4.69) is 63.4 Å². The molecule has 1 unspecified atom stereocenters.